The Balaban J connectivity index is 3.12. The summed E-state index contributed by atoms with van der Waals surface area (Å²) in [5.41, 5.74) is 0.266. The number of alkyl halides is 2. The van der Waals surface area contributed by atoms with Crippen molar-refractivity contribution >= 4 is 0 Å². The highest BCUT2D eigenvalue weighted by atomic mass is 19.3. The Morgan fingerprint density at radius 1 is 1.36 bits per heavy atom. The van der Waals surface area contributed by atoms with Gasteiger partial charge in [0.05, 0.1) is 0 Å². The van der Waals surface area contributed by atoms with Crippen LogP contribution in [0.2, 0.25) is 0 Å². The minimum absolute atomic E-state index is 0.363. The molecule has 0 saturated heterocycles. The fourth-order valence-electron chi connectivity index (χ4n) is 1.15. The van der Waals surface area contributed by atoms with E-state index in [0.29, 0.717) is 12.5 Å². The highest BCUT2D eigenvalue weighted by Gasteiger charge is 2.35. The smallest absolute Gasteiger partial charge is 0.274 e. The van der Waals surface area contributed by atoms with Gasteiger partial charge in [-0.3, -0.25) is 0 Å². The van der Waals surface area contributed by atoms with E-state index < -0.39 is 17.8 Å². The van der Waals surface area contributed by atoms with Crippen molar-refractivity contribution in [2.75, 3.05) is 0 Å². The van der Waals surface area contributed by atoms with Crippen molar-refractivity contribution in [3.63, 3.8) is 0 Å². The maximum atomic E-state index is 13.1. The van der Waals surface area contributed by atoms with Gasteiger partial charge in [-0.2, -0.15) is 0 Å². The fraction of sp³-hybridized carbons (Fsp3) is 0.400. The van der Waals surface area contributed by atoms with Gasteiger partial charge in [0.15, 0.2) is 0 Å². The molecule has 78 valence electrons. The summed E-state index contributed by atoms with van der Waals surface area (Å²) in [6.45, 7) is 2.20. The SMILES string of the molecule is Cc1ccc(F)c(C(O)C(C)(F)F)c1. The molecular formula is C10H11F3O. The summed E-state index contributed by atoms with van der Waals surface area (Å²) < 4.78 is 38.5. The third kappa shape index (κ3) is 2.26. The lowest BCUT2D eigenvalue weighted by Gasteiger charge is -2.19. The van der Waals surface area contributed by atoms with E-state index >= 15 is 0 Å². The highest BCUT2D eigenvalue weighted by Crippen LogP contribution is 2.32. The Hall–Kier alpha value is -1.03. The second kappa shape index (κ2) is 3.61. The quantitative estimate of drug-likeness (QED) is 0.785. The topological polar surface area (TPSA) is 20.2 Å². The van der Waals surface area contributed by atoms with Crippen molar-refractivity contribution in [1.29, 1.82) is 0 Å². The van der Waals surface area contributed by atoms with Crippen LogP contribution in [0.4, 0.5) is 13.2 Å². The lowest BCUT2D eigenvalue weighted by atomic mass is 10.0. The molecule has 1 nitrogen and oxygen atoms in total. The van der Waals surface area contributed by atoms with E-state index in [1.807, 2.05) is 0 Å². The zero-order chi connectivity index (χ0) is 10.9. The van der Waals surface area contributed by atoms with Gasteiger partial charge >= 0.3 is 0 Å². The third-order valence-corrected chi connectivity index (χ3v) is 1.93. The van der Waals surface area contributed by atoms with E-state index in [4.69, 9.17) is 0 Å². The van der Waals surface area contributed by atoms with Crippen molar-refractivity contribution in [2.45, 2.75) is 25.9 Å². The second-order valence-corrected chi connectivity index (χ2v) is 3.38. The molecular weight excluding hydrogens is 193 g/mol. The van der Waals surface area contributed by atoms with Crippen molar-refractivity contribution in [1.82, 2.24) is 0 Å². The van der Waals surface area contributed by atoms with E-state index in [-0.39, 0.29) is 5.56 Å². The lowest BCUT2D eigenvalue weighted by Crippen LogP contribution is -2.22. The van der Waals surface area contributed by atoms with Crippen molar-refractivity contribution in [3.8, 4) is 0 Å². The van der Waals surface area contributed by atoms with Gasteiger partial charge in [-0.1, -0.05) is 17.7 Å². The first kappa shape index (κ1) is 11.0. The monoisotopic (exact) mass is 204 g/mol. The number of benzene rings is 1. The summed E-state index contributed by atoms with van der Waals surface area (Å²) in [6, 6.07) is 3.75. The summed E-state index contributed by atoms with van der Waals surface area (Å²) in [6.07, 6.45) is -2.10. The molecule has 0 aliphatic carbocycles. The molecule has 1 aromatic rings. The molecule has 4 heteroatoms. The van der Waals surface area contributed by atoms with Gasteiger partial charge < -0.3 is 5.11 Å². The summed E-state index contributed by atoms with van der Waals surface area (Å²) >= 11 is 0. The Morgan fingerprint density at radius 2 is 1.93 bits per heavy atom. The summed E-state index contributed by atoms with van der Waals surface area (Å²) in [5, 5.41) is 9.17. The van der Waals surface area contributed by atoms with Crippen LogP contribution < -0.4 is 0 Å². The van der Waals surface area contributed by atoms with Crippen LogP contribution in [0.5, 0.6) is 0 Å². The molecule has 14 heavy (non-hydrogen) atoms. The number of halogens is 3. The number of rotatable bonds is 2. The van der Waals surface area contributed by atoms with Crippen LogP contribution in [0.15, 0.2) is 18.2 Å². The van der Waals surface area contributed by atoms with Crippen LogP contribution in [-0.2, 0) is 0 Å². The standard InChI is InChI=1S/C10H11F3O/c1-6-3-4-8(11)7(5-6)9(14)10(2,12)13/h3-5,9,14H,1-2H3. The molecule has 1 rings (SSSR count). The van der Waals surface area contributed by atoms with Gasteiger partial charge in [0.1, 0.15) is 11.9 Å². The van der Waals surface area contributed by atoms with Crippen LogP contribution in [0.3, 0.4) is 0 Å². The van der Waals surface area contributed by atoms with Crippen molar-refractivity contribution in [2.24, 2.45) is 0 Å². The highest BCUT2D eigenvalue weighted by molar-refractivity contribution is 5.26. The summed E-state index contributed by atoms with van der Waals surface area (Å²) in [7, 11) is 0. The predicted octanol–water partition coefficient (Wildman–Crippen LogP) is 2.82. The molecule has 0 aliphatic heterocycles. The maximum Gasteiger partial charge on any atom is 0.274 e. The lowest BCUT2D eigenvalue weighted by molar-refractivity contribution is -0.0967. The van der Waals surface area contributed by atoms with Crippen LogP contribution >= 0.6 is 0 Å². The molecule has 0 aromatic heterocycles. The Bertz CT molecular complexity index is 331. The molecule has 0 bridgehead atoms. The average molecular weight is 204 g/mol. The first-order chi connectivity index (χ1) is 6.32. The Kier molecular flexibility index (Phi) is 2.85. The maximum absolute atomic E-state index is 13.1. The molecule has 1 unspecified atom stereocenters. The molecule has 0 radical (unpaired) electrons. The number of hydrogen-bond acceptors (Lipinski definition) is 1. The van der Waals surface area contributed by atoms with Gasteiger partial charge in [-0.05, 0) is 13.0 Å². The molecule has 0 fully saturated rings. The van der Waals surface area contributed by atoms with Gasteiger partial charge in [0.2, 0.25) is 0 Å². The molecule has 1 aromatic carbocycles. The zero-order valence-electron chi connectivity index (χ0n) is 7.89. The number of aliphatic hydroxyl groups is 1. The van der Waals surface area contributed by atoms with E-state index in [1.165, 1.54) is 12.1 Å². The molecule has 1 N–H and O–H groups in total. The van der Waals surface area contributed by atoms with Gasteiger partial charge in [-0.15, -0.1) is 0 Å². The first-order valence-corrected chi connectivity index (χ1v) is 4.14. The van der Waals surface area contributed by atoms with E-state index in [2.05, 4.69) is 0 Å². The van der Waals surface area contributed by atoms with E-state index in [0.717, 1.165) is 6.07 Å². The molecule has 0 amide bonds. The van der Waals surface area contributed by atoms with Gasteiger partial charge in [-0.25, -0.2) is 13.2 Å². The van der Waals surface area contributed by atoms with Crippen LogP contribution in [-0.4, -0.2) is 11.0 Å². The Morgan fingerprint density at radius 3 is 2.43 bits per heavy atom. The third-order valence-electron chi connectivity index (χ3n) is 1.93. The largest absolute Gasteiger partial charge is 0.382 e. The summed E-state index contributed by atoms with van der Waals surface area (Å²) in [5.74, 6) is -4.15. The van der Waals surface area contributed by atoms with Crippen molar-refractivity contribution in [3.05, 3.63) is 35.1 Å². The van der Waals surface area contributed by atoms with Gasteiger partial charge in [0, 0.05) is 12.5 Å². The molecule has 0 saturated carbocycles. The first-order valence-electron chi connectivity index (χ1n) is 4.14. The fourth-order valence-corrected chi connectivity index (χ4v) is 1.15. The number of aryl methyl sites for hydroxylation is 1. The van der Waals surface area contributed by atoms with Gasteiger partial charge in [0.25, 0.3) is 5.92 Å². The average Bonchev–Trinajstić information content (AvgIpc) is 2.06. The van der Waals surface area contributed by atoms with Crippen LogP contribution in [0.25, 0.3) is 0 Å². The van der Waals surface area contributed by atoms with Crippen LogP contribution in [0.1, 0.15) is 24.2 Å². The molecule has 0 heterocycles. The molecule has 0 aliphatic rings. The second-order valence-electron chi connectivity index (χ2n) is 3.38. The van der Waals surface area contributed by atoms with Crippen molar-refractivity contribution < 1.29 is 18.3 Å². The predicted molar refractivity (Wildman–Crippen MR) is 46.7 cm³/mol. The zero-order valence-corrected chi connectivity index (χ0v) is 7.89. The van der Waals surface area contributed by atoms with E-state index in [1.54, 1.807) is 6.92 Å². The summed E-state index contributed by atoms with van der Waals surface area (Å²) in [4.78, 5) is 0. The van der Waals surface area contributed by atoms with E-state index in [9.17, 15) is 18.3 Å². The molecule has 0 spiro atoms. The minimum Gasteiger partial charge on any atom is -0.382 e. The Labute approximate surface area is 80.2 Å². The normalized spacial score (nSPS) is 14.1. The number of aliphatic hydroxyl groups excluding tert-OH is 1. The molecule has 1 atom stereocenters. The van der Waals surface area contributed by atoms with Crippen LogP contribution in [0, 0.1) is 12.7 Å². The number of hydrogen-bond donors (Lipinski definition) is 1. The minimum atomic E-state index is -3.34.